The number of furan rings is 1. The zero-order chi connectivity index (χ0) is 17.8. The van der Waals surface area contributed by atoms with Crippen LogP contribution in [0.3, 0.4) is 0 Å². The van der Waals surface area contributed by atoms with E-state index in [1.807, 2.05) is 31.2 Å². The first-order chi connectivity index (χ1) is 12.0. The van der Waals surface area contributed by atoms with Gasteiger partial charge in [0, 0.05) is 16.5 Å². The smallest absolute Gasteiger partial charge is 0.344 e. The molecular formula is C20H18O5. The number of esters is 1. The minimum atomic E-state index is -0.506. The highest BCUT2D eigenvalue weighted by Gasteiger charge is 2.13. The summed E-state index contributed by atoms with van der Waals surface area (Å²) in [5.41, 5.74) is 2.26. The van der Waals surface area contributed by atoms with Crippen LogP contribution in [0.4, 0.5) is 0 Å². The summed E-state index contributed by atoms with van der Waals surface area (Å²) in [6.45, 7) is 3.22. The predicted molar refractivity (Wildman–Crippen MR) is 92.7 cm³/mol. The first-order valence-corrected chi connectivity index (χ1v) is 7.91. The Kier molecular flexibility index (Phi) is 4.84. The number of ketones is 1. The SMILES string of the molecule is CC(=O)c1cccc(OCC(=O)OCc2oc3ccccc3c2C)c1. The van der Waals surface area contributed by atoms with Crippen LogP contribution >= 0.6 is 0 Å². The molecule has 0 fully saturated rings. The van der Waals surface area contributed by atoms with Crippen molar-refractivity contribution in [2.75, 3.05) is 6.61 Å². The van der Waals surface area contributed by atoms with Crippen molar-refractivity contribution in [1.82, 2.24) is 0 Å². The number of Topliss-reactive ketones (excluding diaryl/α,β-unsaturated/α-hetero) is 1. The van der Waals surface area contributed by atoms with Crippen LogP contribution in [0.15, 0.2) is 52.9 Å². The van der Waals surface area contributed by atoms with Crippen LogP contribution in [-0.4, -0.2) is 18.4 Å². The van der Waals surface area contributed by atoms with Gasteiger partial charge in [-0.05, 0) is 32.0 Å². The summed E-state index contributed by atoms with van der Waals surface area (Å²) in [5, 5.41) is 1.01. The summed E-state index contributed by atoms with van der Waals surface area (Å²) in [4.78, 5) is 23.2. The molecule has 25 heavy (non-hydrogen) atoms. The molecule has 128 valence electrons. The minimum Gasteiger partial charge on any atom is -0.482 e. The summed E-state index contributed by atoms with van der Waals surface area (Å²) < 4.78 is 16.3. The Labute approximate surface area is 145 Å². The molecule has 0 aliphatic heterocycles. The molecule has 1 aromatic heterocycles. The fourth-order valence-electron chi connectivity index (χ4n) is 2.50. The Morgan fingerprint density at radius 3 is 2.64 bits per heavy atom. The highest BCUT2D eigenvalue weighted by atomic mass is 16.6. The largest absolute Gasteiger partial charge is 0.482 e. The molecule has 0 amide bonds. The maximum atomic E-state index is 11.9. The number of benzene rings is 2. The van der Waals surface area contributed by atoms with E-state index in [1.165, 1.54) is 6.92 Å². The number of fused-ring (bicyclic) bond motifs is 1. The van der Waals surface area contributed by atoms with E-state index < -0.39 is 5.97 Å². The van der Waals surface area contributed by atoms with Crippen LogP contribution in [0.2, 0.25) is 0 Å². The van der Waals surface area contributed by atoms with Crippen LogP contribution < -0.4 is 4.74 Å². The molecule has 0 radical (unpaired) electrons. The average molecular weight is 338 g/mol. The third-order valence-corrected chi connectivity index (χ3v) is 3.90. The Bertz CT molecular complexity index is 923. The van der Waals surface area contributed by atoms with Gasteiger partial charge in [0.15, 0.2) is 12.4 Å². The molecule has 0 aliphatic rings. The lowest BCUT2D eigenvalue weighted by molar-refractivity contribution is -0.147. The summed E-state index contributed by atoms with van der Waals surface area (Å²) in [6, 6.07) is 14.3. The van der Waals surface area contributed by atoms with E-state index in [1.54, 1.807) is 24.3 Å². The Balaban J connectivity index is 1.57. The number of hydrogen-bond donors (Lipinski definition) is 0. The van der Waals surface area contributed by atoms with Gasteiger partial charge in [0.05, 0.1) is 0 Å². The Hall–Kier alpha value is -3.08. The molecule has 0 aliphatic carbocycles. The van der Waals surface area contributed by atoms with Gasteiger partial charge in [0.2, 0.25) is 0 Å². The van der Waals surface area contributed by atoms with Crippen molar-refractivity contribution in [3.8, 4) is 5.75 Å². The summed E-state index contributed by atoms with van der Waals surface area (Å²) >= 11 is 0. The lowest BCUT2D eigenvalue weighted by Crippen LogP contribution is -2.15. The molecule has 0 N–H and O–H groups in total. The van der Waals surface area contributed by atoms with Crippen LogP contribution in [-0.2, 0) is 16.1 Å². The van der Waals surface area contributed by atoms with Crippen LogP contribution in [0, 0.1) is 6.92 Å². The second-order valence-electron chi connectivity index (χ2n) is 5.68. The quantitative estimate of drug-likeness (QED) is 0.501. The van der Waals surface area contributed by atoms with Gasteiger partial charge in [0.1, 0.15) is 23.7 Å². The van der Waals surface area contributed by atoms with E-state index >= 15 is 0 Å². The summed E-state index contributed by atoms with van der Waals surface area (Å²) in [7, 11) is 0. The highest BCUT2D eigenvalue weighted by Crippen LogP contribution is 2.25. The molecule has 0 atom stereocenters. The fraction of sp³-hybridized carbons (Fsp3) is 0.200. The van der Waals surface area contributed by atoms with Crippen LogP contribution in [0.25, 0.3) is 11.0 Å². The zero-order valence-electron chi connectivity index (χ0n) is 14.1. The molecule has 0 spiro atoms. The normalized spacial score (nSPS) is 10.6. The first kappa shape index (κ1) is 16.8. The van der Waals surface area contributed by atoms with E-state index in [9.17, 15) is 9.59 Å². The van der Waals surface area contributed by atoms with Crippen molar-refractivity contribution >= 4 is 22.7 Å². The number of rotatable bonds is 6. The van der Waals surface area contributed by atoms with Gasteiger partial charge >= 0.3 is 5.97 Å². The molecule has 5 heteroatoms. The van der Waals surface area contributed by atoms with Crippen LogP contribution in [0.1, 0.15) is 28.6 Å². The lowest BCUT2D eigenvalue weighted by Gasteiger charge is -2.07. The first-order valence-electron chi connectivity index (χ1n) is 7.91. The van der Waals surface area contributed by atoms with Gasteiger partial charge in [-0.2, -0.15) is 0 Å². The van der Waals surface area contributed by atoms with Gasteiger partial charge < -0.3 is 13.9 Å². The molecule has 0 saturated carbocycles. The van der Waals surface area contributed by atoms with Gasteiger partial charge in [0.25, 0.3) is 0 Å². The highest BCUT2D eigenvalue weighted by molar-refractivity contribution is 5.94. The number of hydrogen-bond acceptors (Lipinski definition) is 5. The van der Waals surface area contributed by atoms with Crippen LogP contribution in [0.5, 0.6) is 5.75 Å². The van der Waals surface area contributed by atoms with E-state index in [-0.39, 0.29) is 19.0 Å². The topological polar surface area (TPSA) is 65.7 Å². The molecule has 3 aromatic rings. The van der Waals surface area contributed by atoms with E-state index in [0.29, 0.717) is 17.1 Å². The second kappa shape index (κ2) is 7.21. The van der Waals surface area contributed by atoms with Crippen molar-refractivity contribution < 1.29 is 23.5 Å². The third-order valence-electron chi connectivity index (χ3n) is 3.90. The molecular weight excluding hydrogens is 320 g/mol. The number of para-hydroxylation sites is 1. The van der Waals surface area contributed by atoms with E-state index in [2.05, 4.69) is 0 Å². The van der Waals surface area contributed by atoms with Gasteiger partial charge in [-0.3, -0.25) is 4.79 Å². The molecule has 0 bridgehead atoms. The maximum absolute atomic E-state index is 11.9. The van der Waals surface area contributed by atoms with Gasteiger partial charge in [-0.1, -0.05) is 30.3 Å². The van der Waals surface area contributed by atoms with Crippen molar-refractivity contribution in [2.45, 2.75) is 20.5 Å². The molecule has 3 rings (SSSR count). The van der Waals surface area contributed by atoms with Crippen molar-refractivity contribution in [1.29, 1.82) is 0 Å². The van der Waals surface area contributed by atoms with E-state index in [4.69, 9.17) is 13.9 Å². The number of ether oxygens (including phenoxy) is 2. The average Bonchev–Trinajstić information content (AvgIpc) is 2.95. The molecule has 0 saturated heterocycles. The predicted octanol–water partition coefficient (Wildman–Crippen LogP) is 4.07. The Morgan fingerprint density at radius 1 is 1.08 bits per heavy atom. The Morgan fingerprint density at radius 2 is 1.88 bits per heavy atom. The number of carbonyl (C=O) groups excluding carboxylic acids is 2. The molecule has 2 aromatic carbocycles. The number of aryl methyl sites for hydroxylation is 1. The molecule has 0 unspecified atom stereocenters. The number of carbonyl (C=O) groups is 2. The third kappa shape index (κ3) is 3.88. The zero-order valence-corrected chi connectivity index (χ0v) is 14.1. The summed E-state index contributed by atoms with van der Waals surface area (Å²) in [6.07, 6.45) is 0. The van der Waals surface area contributed by atoms with Crippen molar-refractivity contribution in [3.05, 3.63) is 65.4 Å². The second-order valence-corrected chi connectivity index (χ2v) is 5.68. The van der Waals surface area contributed by atoms with Crippen molar-refractivity contribution in [2.24, 2.45) is 0 Å². The summed E-state index contributed by atoms with van der Waals surface area (Å²) in [5.74, 6) is 0.499. The van der Waals surface area contributed by atoms with Gasteiger partial charge in [-0.25, -0.2) is 4.79 Å². The lowest BCUT2D eigenvalue weighted by atomic mass is 10.1. The minimum absolute atomic E-state index is 0.0518. The van der Waals surface area contributed by atoms with Gasteiger partial charge in [-0.15, -0.1) is 0 Å². The fourth-order valence-corrected chi connectivity index (χ4v) is 2.50. The monoisotopic (exact) mass is 338 g/mol. The molecule has 1 heterocycles. The maximum Gasteiger partial charge on any atom is 0.344 e. The standard InChI is InChI=1S/C20H18O5/c1-13-17-8-3-4-9-18(17)25-19(13)11-24-20(22)12-23-16-7-5-6-15(10-16)14(2)21/h3-10H,11-12H2,1-2H3. The van der Waals surface area contributed by atoms with Crippen molar-refractivity contribution in [3.63, 3.8) is 0 Å². The molecule has 5 nitrogen and oxygen atoms in total. The van der Waals surface area contributed by atoms with E-state index in [0.717, 1.165) is 16.5 Å².